The molecule has 1 heterocycles. The molecule has 0 fully saturated rings. The van der Waals surface area contributed by atoms with Crippen molar-refractivity contribution in [1.82, 2.24) is 4.90 Å². The van der Waals surface area contributed by atoms with Crippen LogP contribution in [-0.4, -0.2) is 29.1 Å². The van der Waals surface area contributed by atoms with Gasteiger partial charge in [0.15, 0.2) is 11.5 Å². The van der Waals surface area contributed by atoms with E-state index in [4.69, 9.17) is 32.7 Å². The van der Waals surface area contributed by atoms with E-state index in [1.54, 1.807) is 59.5 Å². The Hall–Kier alpha value is -3.29. The molecule has 0 atom stereocenters. The van der Waals surface area contributed by atoms with Gasteiger partial charge < -0.3 is 14.4 Å². The van der Waals surface area contributed by atoms with Crippen LogP contribution in [-0.2, 0) is 13.0 Å². The number of halogens is 2. The molecule has 0 aliphatic carbocycles. The summed E-state index contributed by atoms with van der Waals surface area (Å²) in [5, 5.41) is 12.5. The zero-order valence-corrected chi connectivity index (χ0v) is 18.3. The first-order valence-electron chi connectivity index (χ1n) is 9.77. The lowest BCUT2D eigenvalue weighted by atomic mass is 10.1. The molecule has 1 aliphatic heterocycles. The van der Waals surface area contributed by atoms with Crippen LogP contribution in [0.15, 0.2) is 60.7 Å². The van der Waals surface area contributed by atoms with Crippen molar-refractivity contribution < 1.29 is 19.2 Å². The molecular weight excluding hydrogens is 455 g/mol. The molecule has 0 saturated carbocycles. The second-order valence-corrected chi connectivity index (χ2v) is 8.01. The number of hydrogen-bond acceptors (Lipinski definition) is 5. The number of amides is 1. The molecular formula is C23H18Cl2N2O5. The molecule has 1 aliphatic rings. The van der Waals surface area contributed by atoms with E-state index in [9.17, 15) is 14.9 Å². The number of rotatable bonds is 7. The minimum Gasteiger partial charge on any atom is -0.454 e. The number of nitro groups is 1. The number of ether oxygens (including phenoxy) is 2. The average molecular weight is 473 g/mol. The minimum atomic E-state index is -0.450. The molecule has 0 saturated heterocycles. The maximum atomic E-state index is 13.4. The van der Waals surface area contributed by atoms with Gasteiger partial charge in [-0.25, -0.2) is 0 Å². The predicted octanol–water partition coefficient (Wildman–Crippen LogP) is 5.52. The molecule has 0 aromatic heterocycles. The molecule has 32 heavy (non-hydrogen) atoms. The summed E-state index contributed by atoms with van der Waals surface area (Å²) in [6, 6.07) is 16.5. The Morgan fingerprint density at radius 2 is 1.78 bits per heavy atom. The Labute approximate surface area is 194 Å². The monoisotopic (exact) mass is 472 g/mol. The van der Waals surface area contributed by atoms with Crippen LogP contribution in [0.1, 0.15) is 21.5 Å². The van der Waals surface area contributed by atoms with Crippen LogP contribution in [0.5, 0.6) is 11.5 Å². The zero-order valence-electron chi connectivity index (χ0n) is 16.8. The summed E-state index contributed by atoms with van der Waals surface area (Å²) in [6.45, 7) is 0.457. The quantitative estimate of drug-likeness (QED) is 0.334. The summed E-state index contributed by atoms with van der Waals surface area (Å²) in [5.41, 5.74) is 1.62. The Bertz CT molecular complexity index is 1180. The molecule has 0 unspecified atom stereocenters. The Kier molecular flexibility index (Phi) is 6.48. The van der Waals surface area contributed by atoms with Crippen molar-refractivity contribution in [2.75, 3.05) is 13.3 Å². The van der Waals surface area contributed by atoms with Crippen molar-refractivity contribution in [3.8, 4) is 11.5 Å². The van der Waals surface area contributed by atoms with Gasteiger partial charge in [0, 0.05) is 33.8 Å². The lowest BCUT2D eigenvalue weighted by Crippen LogP contribution is -2.32. The van der Waals surface area contributed by atoms with E-state index in [1.807, 2.05) is 0 Å². The predicted molar refractivity (Wildman–Crippen MR) is 121 cm³/mol. The largest absolute Gasteiger partial charge is 0.454 e. The van der Waals surface area contributed by atoms with Crippen LogP contribution in [0, 0.1) is 10.1 Å². The van der Waals surface area contributed by atoms with Crippen LogP contribution in [0.25, 0.3) is 0 Å². The summed E-state index contributed by atoms with van der Waals surface area (Å²) in [4.78, 5) is 26.0. The van der Waals surface area contributed by atoms with Crippen LogP contribution >= 0.6 is 23.2 Å². The van der Waals surface area contributed by atoms with Crippen molar-refractivity contribution in [3.63, 3.8) is 0 Å². The third-order valence-corrected chi connectivity index (χ3v) is 5.71. The standard InChI is InChI=1S/C23H18Cl2N2O5/c24-18-7-5-15(19(25)12-18)9-10-26(13-17-3-1-2-4-20(17)27(29)30)23(28)16-6-8-21-22(11-16)32-14-31-21/h1-8,11-12H,9-10,13-14H2. The number of para-hydroxylation sites is 1. The molecule has 7 nitrogen and oxygen atoms in total. The second kappa shape index (κ2) is 9.46. The highest BCUT2D eigenvalue weighted by Crippen LogP contribution is 2.33. The third-order valence-electron chi connectivity index (χ3n) is 5.12. The van der Waals surface area contributed by atoms with E-state index in [0.29, 0.717) is 45.6 Å². The highest BCUT2D eigenvalue weighted by atomic mass is 35.5. The Morgan fingerprint density at radius 3 is 2.56 bits per heavy atom. The molecule has 164 valence electrons. The van der Waals surface area contributed by atoms with E-state index in [2.05, 4.69) is 0 Å². The smallest absolute Gasteiger partial charge is 0.274 e. The van der Waals surface area contributed by atoms with Gasteiger partial charge in [0.2, 0.25) is 6.79 Å². The van der Waals surface area contributed by atoms with Crippen molar-refractivity contribution in [1.29, 1.82) is 0 Å². The van der Waals surface area contributed by atoms with Gasteiger partial charge in [0.25, 0.3) is 11.6 Å². The molecule has 0 bridgehead atoms. The van der Waals surface area contributed by atoms with Crippen LogP contribution < -0.4 is 9.47 Å². The number of nitrogens with zero attached hydrogens (tertiary/aromatic N) is 2. The molecule has 9 heteroatoms. The molecule has 0 spiro atoms. The van der Waals surface area contributed by atoms with Crippen LogP contribution in [0.3, 0.4) is 0 Å². The molecule has 1 amide bonds. The zero-order chi connectivity index (χ0) is 22.7. The molecule has 3 aromatic carbocycles. The highest BCUT2D eigenvalue weighted by molar-refractivity contribution is 6.35. The van der Waals surface area contributed by atoms with Gasteiger partial charge in [-0.05, 0) is 42.3 Å². The van der Waals surface area contributed by atoms with E-state index in [0.717, 1.165) is 5.56 Å². The molecule has 0 radical (unpaired) electrons. The van der Waals surface area contributed by atoms with Gasteiger partial charge in [0.1, 0.15) is 0 Å². The van der Waals surface area contributed by atoms with Gasteiger partial charge in [-0.3, -0.25) is 14.9 Å². The molecule has 0 N–H and O–H groups in total. The van der Waals surface area contributed by atoms with Crippen molar-refractivity contribution >= 4 is 34.8 Å². The maximum absolute atomic E-state index is 13.4. The summed E-state index contributed by atoms with van der Waals surface area (Å²) in [5.74, 6) is 0.772. The van der Waals surface area contributed by atoms with Crippen molar-refractivity contribution in [3.05, 3.63) is 97.5 Å². The first-order valence-corrected chi connectivity index (χ1v) is 10.5. The van der Waals surface area contributed by atoms with Gasteiger partial charge in [-0.1, -0.05) is 47.5 Å². The van der Waals surface area contributed by atoms with Gasteiger partial charge >= 0.3 is 0 Å². The number of carbonyl (C=O) groups excluding carboxylic acids is 1. The fourth-order valence-corrected chi connectivity index (χ4v) is 3.98. The topological polar surface area (TPSA) is 81.9 Å². The number of carbonyl (C=O) groups is 1. The van der Waals surface area contributed by atoms with E-state index in [1.165, 1.54) is 6.07 Å². The van der Waals surface area contributed by atoms with Crippen LogP contribution in [0.4, 0.5) is 5.69 Å². The maximum Gasteiger partial charge on any atom is 0.274 e. The number of fused-ring (bicyclic) bond motifs is 1. The lowest BCUT2D eigenvalue weighted by Gasteiger charge is -2.23. The van der Waals surface area contributed by atoms with E-state index >= 15 is 0 Å². The lowest BCUT2D eigenvalue weighted by molar-refractivity contribution is -0.385. The van der Waals surface area contributed by atoms with Crippen molar-refractivity contribution in [2.24, 2.45) is 0 Å². The van der Waals surface area contributed by atoms with E-state index < -0.39 is 4.92 Å². The Morgan fingerprint density at radius 1 is 1.00 bits per heavy atom. The first-order chi connectivity index (χ1) is 15.4. The number of nitro benzene ring substituents is 1. The fraction of sp³-hybridized carbons (Fsp3) is 0.174. The van der Waals surface area contributed by atoms with Crippen molar-refractivity contribution in [2.45, 2.75) is 13.0 Å². The third kappa shape index (κ3) is 4.79. The highest BCUT2D eigenvalue weighted by Gasteiger charge is 2.23. The van der Waals surface area contributed by atoms with Gasteiger partial charge in [0.05, 0.1) is 11.5 Å². The van der Waals surface area contributed by atoms with Gasteiger partial charge in [-0.2, -0.15) is 0 Å². The summed E-state index contributed by atoms with van der Waals surface area (Å²) in [7, 11) is 0. The summed E-state index contributed by atoms with van der Waals surface area (Å²) < 4.78 is 10.7. The van der Waals surface area contributed by atoms with Gasteiger partial charge in [-0.15, -0.1) is 0 Å². The second-order valence-electron chi connectivity index (χ2n) is 7.17. The Balaban J connectivity index is 1.62. The average Bonchev–Trinajstić information content (AvgIpc) is 3.25. The van der Waals surface area contributed by atoms with E-state index in [-0.39, 0.29) is 24.9 Å². The molecule has 3 aromatic rings. The normalized spacial score (nSPS) is 11.9. The van der Waals surface area contributed by atoms with Crippen LogP contribution in [0.2, 0.25) is 10.0 Å². The number of benzene rings is 3. The number of hydrogen-bond donors (Lipinski definition) is 0. The molecule has 4 rings (SSSR count). The SMILES string of the molecule is O=C(c1ccc2c(c1)OCO2)N(CCc1ccc(Cl)cc1Cl)Cc1ccccc1[N+](=O)[O-]. The fourth-order valence-electron chi connectivity index (χ4n) is 3.47. The summed E-state index contributed by atoms with van der Waals surface area (Å²) >= 11 is 12.3. The summed E-state index contributed by atoms with van der Waals surface area (Å²) in [6.07, 6.45) is 0.451. The first kappa shape index (κ1) is 21.9. The minimum absolute atomic E-state index is 0.0412.